The summed E-state index contributed by atoms with van der Waals surface area (Å²) in [4.78, 5) is 30.6. The molecule has 0 bridgehead atoms. The Morgan fingerprint density at radius 1 is 1.15 bits per heavy atom. The Labute approximate surface area is 155 Å². The molecule has 3 aromatic rings. The standard InChI is InChI=1S/C18H11BrFN3O3/c19-9-5-11-14(21)12-13(16(24)15(11)22-6-9)18(26)23(17(12)25)7-8-1-3-10(20)4-2-8/h1-6,24H,7,21H2. The topological polar surface area (TPSA) is 96.5 Å². The third-order valence-corrected chi connectivity index (χ3v) is 4.73. The third-order valence-electron chi connectivity index (χ3n) is 4.30. The summed E-state index contributed by atoms with van der Waals surface area (Å²) < 4.78 is 13.7. The van der Waals surface area contributed by atoms with E-state index in [4.69, 9.17) is 5.73 Å². The molecule has 0 saturated heterocycles. The predicted molar refractivity (Wildman–Crippen MR) is 96.1 cm³/mol. The van der Waals surface area contributed by atoms with Crippen LogP contribution in [-0.4, -0.2) is 26.8 Å². The molecule has 4 rings (SSSR count). The maximum Gasteiger partial charge on any atom is 0.265 e. The number of phenolic OH excluding ortho intramolecular Hbond substituents is 1. The van der Waals surface area contributed by atoms with Crippen LogP contribution in [0.5, 0.6) is 5.75 Å². The van der Waals surface area contributed by atoms with Gasteiger partial charge in [-0.15, -0.1) is 0 Å². The van der Waals surface area contributed by atoms with Crippen LogP contribution in [0.15, 0.2) is 41.0 Å². The Bertz CT molecular complexity index is 1100. The molecule has 0 spiro atoms. The van der Waals surface area contributed by atoms with Crippen molar-refractivity contribution in [3.63, 3.8) is 0 Å². The minimum Gasteiger partial charge on any atom is -0.505 e. The number of aromatic nitrogens is 1. The second-order valence-electron chi connectivity index (χ2n) is 5.88. The quantitative estimate of drug-likeness (QED) is 0.380. The van der Waals surface area contributed by atoms with E-state index in [-0.39, 0.29) is 34.6 Å². The smallest absolute Gasteiger partial charge is 0.265 e. The van der Waals surface area contributed by atoms with E-state index >= 15 is 0 Å². The van der Waals surface area contributed by atoms with Crippen molar-refractivity contribution >= 4 is 44.3 Å². The second kappa shape index (κ2) is 5.77. The van der Waals surface area contributed by atoms with Gasteiger partial charge >= 0.3 is 0 Å². The van der Waals surface area contributed by atoms with E-state index < -0.39 is 17.6 Å². The van der Waals surface area contributed by atoms with Gasteiger partial charge in [0, 0.05) is 16.1 Å². The molecule has 0 saturated carbocycles. The Morgan fingerprint density at radius 2 is 1.81 bits per heavy atom. The Balaban J connectivity index is 1.85. The second-order valence-corrected chi connectivity index (χ2v) is 6.80. The molecular weight excluding hydrogens is 405 g/mol. The van der Waals surface area contributed by atoms with Gasteiger partial charge in [0.15, 0.2) is 5.75 Å². The molecule has 0 aliphatic carbocycles. The minimum absolute atomic E-state index is 0.0398. The van der Waals surface area contributed by atoms with Gasteiger partial charge in [0.2, 0.25) is 0 Å². The third kappa shape index (κ3) is 2.33. The van der Waals surface area contributed by atoms with E-state index in [2.05, 4.69) is 20.9 Å². The van der Waals surface area contributed by atoms with E-state index in [9.17, 15) is 19.1 Å². The number of phenols is 1. The number of pyridine rings is 1. The highest BCUT2D eigenvalue weighted by atomic mass is 79.9. The molecule has 1 aliphatic heterocycles. The molecular formula is C18H11BrFN3O3. The lowest BCUT2D eigenvalue weighted by Gasteiger charge is -2.13. The van der Waals surface area contributed by atoms with Gasteiger partial charge in [-0.05, 0) is 39.7 Å². The van der Waals surface area contributed by atoms with E-state index in [0.717, 1.165) is 4.90 Å². The van der Waals surface area contributed by atoms with Crippen LogP contribution in [-0.2, 0) is 6.54 Å². The Morgan fingerprint density at radius 3 is 2.50 bits per heavy atom. The number of aromatic hydroxyl groups is 1. The Kier molecular flexibility index (Phi) is 3.66. The molecule has 0 unspecified atom stereocenters. The van der Waals surface area contributed by atoms with Crippen LogP contribution in [0.1, 0.15) is 26.3 Å². The summed E-state index contributed by atoms with van der Waals surface area (Å²) in [6, 6.07) is 7.08. The highest BCUT2D eigenvalue weighted by Crippen LogP contribution is 2.41. The Hall–Kier alpha value is -3.00. The summed E-state index contributed by atoms with van der Waals surface area (Å²) in [5.74, 6) is -2.06. The molecule has 6 nitrogen and oxygen atoms in total. The van der Waals surface area contributed by atoms with Crippen molar-refractivity contribution in [1.29, 1.82) is 0 Å². The number of nitrogens with zero attached hydrogens (tertiary/aromatic N) is 2. The lowest BCUT2D eigenvalue weighted by atomic mass is 10.0. The zero-order valence-corrected chi connectivity index (χ0v) is 14.7. The number of halogens is 2. The number of fused-ring (bicyclic) bond motifs is 2. The van der Waals surface area contributed by atoms with Crippen molar-refractivity contribution < 1.29 is 19.1 Å². The number of amides is 2. The van der Waals surface area contributed by atoms with E-state index in [1.54, 1.807) is 6.07 Å². The van der Waals surface area contributed by atoms with Crippen LogP contribution in [0.2, 0.25) is 0 Å². The number of nitrogens with two attached hydrogens (primary N) is 1. The van der Waals surface area contributed by atoms with Crippen molar-refractivity contribution in [2.24, 2.45) is 0 Å². The number of hydrogen-bond acceptors (Lipinski definition) is 5. The van der Waals surface area contributed by atoms with Gasteiger partial charge in [0.05, 0.1) is 23.4 Å². The van der Waals surface area contributed by atoms with Crippen molar-refractivity contribution in [2.45, 2.75) is 6.54 Å². The van der Waals surface area contributed by atoms with E-state index in [1.807, 2.05) is 0 Å². The molecule has 2 heterocycles. The summed E-state index contributed by atoms with van der Waals surface area (Å²) >= 11 is 3.27. The highest BCUT2D eigenvalue weighted by molar-refractivity contribution is 9.10. The molecule has 2 amide bonds. The first-order valence-corrected chi connectivity index (χ1v) is 8.38. The number of imide groups is 1. The average molecular weight is 416 g/mol. The summed E-state index contributed by atoms with van der Waals surface area (Å²) in [5, 5.41) is 10.9. The van der Waals surface area contributed by atoms with Gasteiger partial charge in [-0.3, -0.25) is 19.5 Å². The minimum atomic E-state index is -0.662. The van der Waals surface area contributed by atoms with Gasteiger partial charge in [0.25, 0.3) is 11.8 Å². The summed E-state index contributed by atoms with van der Waals surface area (Å²) in [7, 11) is 0. The highest BCUT2D eigenvalue weighted by Gasteiger charge is 2.41. The molecule has 1 aliphatic rings. The monoisotopic (exact) mass is 415 g/mol. The van der Waals surface area contributed by atoms with Gasteiger partial charge < -0.3 is 10.8 Å². The van der Waals surface area contributed by atoms with Crippen LogP contribution >= 0.6 is 15.9 Å². The van der Waals surface area contributed by atoms with Gasteiger partial charge in [-0.1, -0.05) is 12.1 Å². The van der Waals surface area contributed by atoms with Gasteiger partial charge in [0.1, 0.15) is 11.3 Å². The summed E-state index contributed by atoms with van der Waals surface area (Å²) in [6.45, 7) is -0.0566. The summed E-state index contributed by atoms with van der Waals surface area (Å²) in [6.07, 6.45) is 1.46. The average Bonchev–Trinajstić information content (AvgIpc) is 2.86. The first kappa shape index (κ1) is 16.5. The fourth-order valence-corrected chi connectivity index (χ4v) is 3.38. The molecule has 8 heteroatoms. The number of nitrogen functional groups attached to an aromatic ring is 1. The molecule has 0 radical (unpaired) electrons. The molecule has 0 atom stereocenters. The lowest BCUT2D eigenvalue weighted by molar-refractivity contribution is 0.0642. The maximum atomic E-state index is 13.1. The number of rotatable bonds is 2. The van der Waals surface area contributed by atoms with Crippen LogP contribution in [0.3, 0.4) is 0 Å². The number of carbonyl (C=O) groups excluding carboxylic acids is 2. The normalized spacial score (nSPS) is 13.5. The fraction of sp³-hybridized carbons (Fsp3) is 0.0556. The SMILES string of the molecule is Nc1c2c(c(O)c3ncc(Br)cc13)C(=O)N(Cc1ccc(F)cc1)C2=O. The van der Waals surface area contributed by atoms with Crippen LogP contribution in [0.4, 0.5) is 10.1 Å². The molecule has 130 valence electrons. The van der Waals surface area contributed by atoms with Gasteiger partial charge in [-0.25, -0.2) is 4.39 Å². The fourth-order valence-electron chi connectivity index (χ4n) is 3.05. The largest absolute Gasteiger partial charge is 0.505 e. The zero-order chi connectivity index (χ0) is 18.6. The van der Waals surface area contributed by atoms with Crippen molar-refractivity contribution in [3.05, 3.63) is 63.5 Å². The zero-order valence-electron chi connectivity index (χ0n) is 13.2. The number of hydrogen-bond donors (Lipinski definition) is 2. The first-order valence-electron chi connectivity index (χ1n) is 7.58. The van der Waals surface area contributed by atoms with Crippen molar-refractivity contribution in [3.8, 4) is 5.75 Å². The van der Waals surface area contributed by atoms with Crippen LogP contribution in [0.25, 0.3) is 10.9 Å². The van der Waals surface area contributed by atoms with Crippen LogP contribution < -0.4 is 5.73 Å². The molecule has 26 heavy (non-hydrogen) atoms. The number of anilines is 1. The molecule has 1 aromatic heterocycles. The summed E-state index contributed by atoms with van der Waals surface area (Å²) in [5.41, 5.74) is 6.73. The maximum absolute atomic E-state index is 13.1. The molecule has 0 fully saturated rings. The van der Waals surface area contributed by atoms with Crippen molar-refractivity contribution in [1.82, 2.24) is 9.88 Å². The molecule has 3 N–H and O–H groups in total. The first-order chi connectivity index (χ1) is 12.4. The number of benzene rings is 2. The van der Waals surface area contributed by atoms with Crippen LogP contribution in [0, 0.1) is 5.82 Å². The van der Waals surface area contributed by atoms with Gasteiger partial charge in [-0.2, -0.15) is 0 Å². The van der Waals surface area contributed by atoms with Crippen molar-refractivity contribution in [2.75, 3.05) is 5.73 Å². The number of carbonyl (C=O) groups is 2. The molecule has 2 aromatic carbocycles. The van der Waals surface area contributed by atoms with E-state index in [0.29, 0.717) is 15.4 Å². The predicted octanol–water partition coefficient (Wildman–Crippen LogP) is 3.22. The lowest BCUT2D eigenvalue weighted by Crippen LogP contribution is -2.29. The van der Waals surface area contributed by atoms with E-state index in [1.165, 1.54) is 30.5 Å².